The molecule has 7 heteroatoms. The van der Waals surface area contributed by atoms with Crippen molar-refractivity contribution < 1.29 is 13.2 Å². The molecule has 4 nitrogen and oxygen atoms in total. The standard InChI is InChI=1S/C14H13BrClNO3S/c1-2-6-17(11-5-7-21(19,20)9-11)14(18)12-4-3-10(16)8-13(12)15/h1,3-4,8,11H,5-7,9H2. The number of nitrogens with zero attached hydrogens (tertiary/aromatic N) is 1. The molecular weight excluding hydrogens is 378 g/mol. The molecule has 1 fully saturated rings. The summed E-state index contributed by atoms with van der Waals surface area (Å²) >= 11 is 9.16. The average molecular weight is 391 g/mol. The van der Waals surface area contributed by atoms with E-state index in [1.54, 1.807) is 18.2 Å². The first-order chi connectivity index (χ1) is 9.84. The predicted molar refractivity (Wildman–Crippen MR) is 86.1 cm³/mol. The maximum Gasteiger partial charge on any atom is 0.256 e. The Morgan fingerprint density at radius 3 is 2.76 bits per heavy atom. The Morgan fingerprint density at radius 2 is 2.24 bits per heavy atom. The van der Waals surface area contributed by atoms with Crippen molar-refractivity contribution in [2.24, 2.45) is 0 Å². The Balaban J connectivity index is 2.30. The minimum Gasteiger partial charge on any atom is -0.323 e. The van der Waals surface area contributed by atoms with Crippen LogP contribution >= 0.6 is 27.5 Å². The van der Waals surface area contributed by atoms with Crippen molar-refractivity contribution in [3.63, 3.8) is 0 Å². The molecule has 1 saturated heterocycles. The lowest BCUT2D eigenvalue weighted by Gasteiger charge is -2.26. The zero-order valence-corrected chi connectivity index (χ0v) is 14.2. The summed E-state index contributed by atoms with van der Waals surface area (Å²) < 4.78 is 23.8. The van der Waals surface area contributed by atoms with Gasteiger partial charge in [0, 0.05) is 15.5 Å². The molecule has 1 unspecified atom stereocenters. The van der Waals surface area contributed by atoms with Crippen LogP contribution in [-0.4, -0.2) is 43.3 Å². The van der Waals surface area contributed by atoms with E-state index < -0.39 is 9.84 Å². The van der Waals surface area contributed by atoms with Crippen LogP contribution in [0.2, 0.25) is 5.02 Å². The van der Waals surface area contributed by atoms with Gasteiger partial charge in [-0.2, -0.15) is 0 Å². The number of hydrogen-bond acceptors (Lipinski definition) is 3. The van der Waals surface area contributed by atoms with Gasteiger partial charge in [-0.25, -0.2) is 8.42 Å². The van der Waals surface area contributed by atoms with Gasteiger partial charge in [-0.3, -0.25) is 4.79 Å². The first-order valence-corrected chi connectivity index (χ1v) is 9.23. The Morgan fingerprint density at radius 1 is 1.52 bits per heavy atom. The molecule has 1 amide bonds. The molecule has 0 aromatic heterocycles. The van der Waals surface area contributed by atoms with Crippen molar-refractivity contribution >= 4 is 43.3 Å². The second-order valence-corrected chi connectivity index (χ2v) is 8.34. The van der Waals surface area contributed by atoms with E-state index >= 15 is 0 Å². The highest BCUT2D eigenvalue weighted by atomic mass is 79.9. The van der Waals surface area contributed by atoms with Crippen LogP contribution in [0.15, 0.2) is 22.7 Å². The van der Waals surface area contributed by atoms with Crippen molar-refractivity contribution in [3.8, 4) is 12.3 Å². The third kappa shape index (κ3) is 3.79. The predicted octanol–water partition coefficient (Wildman–Crippen LogP) is 2.37. The molecule has 1 atom stereocenters. The summed E-state index contributed by atoms with van der Waals surface area (Å²) in [6.07, 6.45) is 5.73. The summed E-state index contributed by atoms with van der Waals surface area (Å²) in [4.78, 5) is 14.1. The summed E-state index contributed by atoms with van der Waals surface area (Å²) in [5, 5.41) is 0.505. The lowest BCUT2D eigenvalue weighted by molar-refractivity contribution is 0.0723. The van der Waals surface area contributed by atoms with E-state index in [4.69, 9.17) is 18.0 Å². The zero-order valence-electron chi connectivity index (χ0n) is 11.1. The van der Waals surface area contributed by atoms with Crippen LogP contribution < -0.4 is 0 Å². The highest BCUT2D eigenvalue weighted by Gasteiger charge is 2.35. The molecule has 0 spiro atoms. The van der Waals surface area contributed by atoms with Crippen LogP contribution in [0.1, 0.15) is 16.8 Å². The summed E-state index contributed by atoms with van der Waals surface area (Å²) in [5.74, 6) is 2.18. The lowest BCUT2D eigenvalue weighted by atomic mass is 10.1. The van der Waals surface area contributed by atoms with Crippen LogP contribution in [0.25, 0.3) is 0 Å². The fraction of sp³-hybridized carbons (Fsp3) is 0.357. The summed E-state index contributed by atoms with van der Waals surface area (Å²) in [6, 6.07) is 4.45. The van der Waals surface area contributed by atoms with Crippen LogP contribution in [-0.2, 0) is 9.84 Å². The Bertz CT molecular complexity index is 711. The highest BCUT2D eigenvalue weighted by Crippen LogP contribution is 2.25. The van der Waals surface area contributed by atoms with Crippen LogP contribution in [0.5, 0.6) is 0 Å². The fourth-order valence-electron chi connectivity index (χ4n) is 2.30. The molecule has 0 bridgehead atoms. The topological polar surface area (TPSA) is 54.5 Å². The Labute approximate surface area is 137 Å². The number of rotatable bonds is 3. The largest absolute Gasteiger partial charge is 0.323 e. The number of carbonyl (C=O) groups is 1. The van der Waals surface area contributed by atoms with Crippen molar-refractivity contribution in [2.75, 3.05) is 18.1 Å². The number of amides is 1. The summed E-state index contributed by atoms with van der Waals surface area (Å²) in [5.41, 5.74) is 0.416. The van der Waals surface area contributed by atoms with Gasteiger partial charge in [0.25, 0.3) is 5.91 Å². The van der Waals surface area contributed by atoms with Crippen molar-refractivity contribution in [1.29, 1.82) is 0 Å². The molecule has 0 N–H and O–H groups in total. The Kier molecular flexibility index (Phi) is 4.97. The van der Waals surface area contributed by atoms with E-state index in [-0.39, 0.29) is 30.0 Å². The van der Waals surface area contributed by atoms with Crippen molar-refractivity contribution in [3.05, 3.63) is 33.3 Å². The number of terminal acetylenes is 1. The minimum atomic E-state index is -3.09. The van der Waals surface area contributed by atoms with Gasteiger partial charge in [0.1, 0.15) is 0 Å². The number of carbonyl (C=O) groups excluding carboxylic acids is 1. The van der Waals surface area contributed by atoms with Gasteiger partial charge in [0.15, 0.2) is 9.84 Å². The molecule has 1 aliphatic heterocycles. The van der Waals surface area contributed by atoms with E-state index in [1.807, 2.05) is 0 Å². The molecule has 1 heterocycles. The van der Waals surface area contributed by atoms with E-state index in [9.17, 15) is 13.2 Å². The van der Waals surface area contributed by atoms with Crippen LogP contribution in [0.3, 0.4) is 0 Å². The van der Waals surface area contributed by atoms with Crippen molar-refractivity contribution in [1.82, 2.24) is 4.90 Å². The van der Waals surface area contributed by atoms with Gasteiger partial charge in [-0.05, 0) is 40.5 Å². The second kappa shape index (κ2) is 6.39. The van der Waals surface area contributed by atoms with Gasteiger partial charge in [-0.1, -0.05) is 17.5 Å². The third-order valence-electron chi connectivity index (χ3n) is 3.33. The maximum atomic E-state index is 12.6. The van der Waals surface area contributed by atoms with Gasteiger partial charge in [0.2, 0.25) is 0 Å². The zero-order chi connectivity index (χ0) is 15.6. The van der Waals surface area contributed by atoms with E-state index in [1.165, 1.54) is 4.90 Å². The lowest BCUT2D eigenvalue weighted by Crippen LogP contribution is -2.41. The molecule has 0 radical (unpaired) electrons. The van der Waals surface area contributed by atoms with E-state index in [0.717, 1.165) is 0 Å². The molecule has 1 aliphatic rings. The monoisotopic (exact) mass is 389 g/mol. The van der Waals surface area contributed by atoms with E-state index in [2.05, 4.69) is 21.9 Å². The molecule has 112 valence electrons. The molecule has 1 aromatic rings. The molecule has 1 aromatic carbocycles. The molecule has 21 heavy (non-hydrogen) atoms. The van der Waals surface area contributed by atoms with Gasteiger partial charge >= 0.3 is 0 Å². The third-order valence-corrected chi connectivity index (χ3v) is 5.97. The van der Waals surface area contributed by atoms with Gasteiger partial charge in [0.05, 0.1) is 23.6 Å². The fourth-order valence-corrected chi connectivity index (χ4v) is 4.89. The number of halogens is 2. The van der Waals surface area contributed by atoms with Gasteiger partial charge in [-0.15, -0.1) is 6.42 Å². The SMILES string of the molecule is C#CCN(C(=O)c1ccc(Cl)cc1Br)C1CCS(=O)(=O)C1. The van der Waals surface area contributed by atoms with Crippen LogP contribution in [0, 0.1) is 12.3 Å². The summed E-state index contributed by atoms with van der Waals surface area (Å²) in [6.45, 7) is 0.0775. The smallest absolute Gasteiger partial charge is 0.256 e. The first kappa shape index (κ1) is 16.3. The highest BCUT2D eigenvalue weighted by molar-refractivity contribution is 9.10. The molecule has 0 aliphatic carbocycles. The number of hydrogen-bond donors (Lipinski definition) is 0. The number of sulfone groups is 1. The second-order valence-electron chi connectivity index (χ2n) is 4.82. The summed E-state index contributed by atoms with van der Waals surface area (Å²) in [7, 11) is -3.09. The first-order valence-electron chi connectivity index (χ1n) is 6.24. The Hall–Kier alpha value is -1.03. The molecular formula is C14H13BrClNO3S. The minimum absolute atomic E-state index is 0.0361. The molecule has 2 rings (SSSR count). The maximum absolute atomic E-state index is 12.6. The van der Waals surface area contributed by atoms with E-state index in [0.29, 0.717) is 21.5 Å². The quantitative estimate of drug-likeness (QED) is 0.745. The number of benzene rings is 1. The van der Waals surface area contributed by atoms with Crippen LogP contribution in [0.4, 0.5) is 0 Å². The average Bonchev–Trinajstić information content (AvgIpc) is 2.75. The van der Waals surface area contributed by atoms with Gasteiger partial charge < -0.3 is 4.90 Å². The molecule has 0 saturated carbocycles. The van der Waals surface area contributed by atoms with Crippen molar-refractivity contribution in [2.45, 2.75) is 12.5 Å². The normalized spacial score (nSPS) is 20.0.